The van der Waals surface area contributed by atoms with E-state index in [0.29, 0.717) is 12.2 Å². The normalized spacial score (nSPS) is 9.67. The van der Waals surface area contributed by atoms with Gasteiger partial charge in [-0.15, -0.1) is 0 Å². The molecule has 0 aliphatic rings. The van der Waals surface area contributed by atoms with Crippen molar-refractivity contribution in [3.8, 4) is 0 Å². The average molecular weight is 167 g/mol. The second-order valence-corrected chi connectivity index (χ2v) is 2.51. The van der Waals surface area contributed by atoms with Crippen LogP contribution in [-0.4, -0.2) is 11.1 Å². The maximum absolute atomic E-state index is 10.2. The number of carboxylic acid groups (broad SMARTS) is 1. The van der Waals surface area contributed by atoms with Crippen molar-refractivity contribution in [2.24, 2.45) is 0 Å². The number of rotatable bonds is 3. The van der Waals surface area contributed by atoms with Gasteiger partial charge in [-0.2, -0.15) is 0 Å². The number of hydrogen-bond donors (Lipinski definition) is 2. The molecule has 4 nitrogen and oxygen atoms in total. The summed E-state index contributed by atoms with van der Waals surface area (Å²) >= 11 is 0. The Kier molecular flexibility index (Phi) is 2.63. The van der Waals surface area contributed by atoms with E-state index in [-0.39, 0.29) is 6.42 Å². The van der Waals surface area contributed by atoms with Crippen LogP contribution in [-0.2, 0) is 11.3 Å². The van der Waals surface area contributed by atoms with E-state index in [1.54, 1.807) is 29.1 Å². The van der Waals surface area contributed by atoms with Crippen molar-refractivity contribution in [1.82, 2.24) is 0 Å². The quantitative estimate of drug-likeness (QED) is 0.624. The standard InChI is InChI=1S/C8H10N2O2/c9-7-1-4-10(5-2-7)6-3-8(11)12/h1-2,4-5,9H,3,6H2,(H,11,12)/p+1. The Balaban J connectivity index is 2.53. The van der Waals surface area contributed by atoms with Crippen molar-refractivity contribution in [1.29, 1.82) is 0 Å². The van der Waals surface area contributed by atoms with Gasteiger partial charge >= 0.3 is 5.97 Å². The second kappa shape index (κ2) is 3.71. The van der Waals surface area contributed by atoms with Gasteiger partial charge < -0.3 is 10.8 Å². The van der Waals surface area contributed by atoms with Gasteiger partial charge in [-0.1, -0.05) is 0 Å². The first kappa shape index (κ1) is 8.52. The minimum absolute atomic E-state index is 0.134. The van der Waals surface area contributed by atoms with Crippen LogP contribution < -0.4 is 10.3 Å². The Labute approximate surface area is 70.3 Å². The van der Waals surface area contributed by atoms with E-state index in [1.165, 1.54) is 0 Å². The van der Waals surface area contributed by atoms with E-state index in [0.717, 1.165) is 0 Å². The van der Waals surface area contributed by atoms with Crippen molar-refractivity contribution >= 4 is 11.7 Å². The highest BCUT2D eigenvalue weighted by Gasteiger charge is 2.03. The third-order valence-electron chi connectivity index (χ3n) is 1.50. The molecule has 3 N–H and O–H groups in total. The van der Waals surface area contributed by atoms with Crippen LogP contribution in [0, 0.1) is 0 Å². The lowest BCUT2D eigenvalue weighted by Gasteiger charge is -1.93. The molecule has 1 rings (SSSR count). The molecular weight excluding hydrogens is 156 g/mol. The Bertz CT molecular complexity index is 269. The van der Waals surface area contributed by atoms with E-state index in [1.807, 2.05) is 0 Å². The minimum atomic E-state index is -0.792. The predicted molar refractivity (Wildman–Crippen MR) is 43.3 cm³/mol. The number of anilines is 1. The number of nitrogen functional groups attached to an aromatic ring is 1. The molecule has 12 heavy (non-hydrogen) atoms. The molecule has 4 heteroatoms. The third-order valence-corrected chi connectivity index (χ3v) is 1.50. The largest absolute Gasteiger partial charge is 0.481 e. The number of aryl methyl sites for hydroxylation is 1. The van der Waals surface area contributed by atoms with Crippen molar-refractivity contribution in [2.45, 2.75) is 13.0 Å². The molecular formula is C8H11N2O2+. The SMILES string of the molecule is Nc1cc[n+](CCC(=O)O)cc1. The lowest BCUT2D eigenvalue weighted by molar-refractivity contribution is -0.695. The van der Waals surface area contributed by atoms with Gasteiger partial charge in [-0.3, -0.25) is 4.79 Å². The number of carboxylic acids is 1. The number of hydrogen-bond acceptors (Lipinski definition) is 2. The summed E-state index contributed by atoms with van der Waals surface area (Å²) in [7, 11) is 0. The van der Waals surface area contributed by atoms with Crippen molar-refractivity contribution < 1.29 is 14.5 Å². The van der Waals surface area contributed by atoms with Crippen molar-refractivity contribution in [3.63, 3.8) is 0 Å². The van der Waals surface area contributed by atoms with Gasteiger partial charge in [0.2, 0.25) is 0 Å². The second-order valence-electron chi connectivity index (χ2n) is 2.51. The lowest BCUT2D eigenvalue weighted by atomic mass is 10.4. The molecule has 64 valence electrons. The summed E-state index contributed by atoms with van der Waals surface area (Å²) < 4.78 is 1.78. The van der Waals surface area contributed by atoms with E-state index < -0.39 is 5.97 Å². The van der Waals surface area contributed by atoms with E-state index in [9.17, 15) is 4.79 Å². The summed E-state index contributed by atoms with van der Waals surface area (Å²) in [5, 5.41) is 8.39. The summed E-state index contributed by atoms with van der Waals surface area (Å²) in [6, 6.07) is 3.48. The fourth-order valence-electron chi connectivity index (χ4n) is 0.843. The maximum Gasteiger partial charge on any atom is 0.309 e. The van der Waals surface area contributed by atoms with Crippen molar-refractivity contribution in [2.75, 3.05) is 5.73 Å². The number of aromatic nitrogens is 1. The smallest absolute Gasteiger partial charge is 0.309 e. The molecule has 0 atom stereocenters. The maximum atomic E-state index is 10.2. The molecule has 0 bridgehead atoms. The molecule has 0 aliphatic carbocycles. The van der Waals surface area contributed by atoms with Crippen LogP contribution in [0.4, 0.5) is 5.69 Å². The Morgan fingerprint density at radius 3 is 2.58 bits per heavy atom. The van der Waals surface area contributed by atoms with Crippen molar-refractivity contribution in [3.05, 3.63) is 24.5 Å². The molecule has 0 aliphatic heterocycles. The molecule has 1 heterocycles. The zero-order valence-corrected chi connectivity index (χ0v) is 6.60. The van der Waals surface area contributed by atoms with Crippen LogP contribution in [0.5, 0.6) is 0 Å². The highest BCUT2D eigenvalue weighted by molar-refractivity contribution is 5.66. The third kappa shape index (κ3) is 2.57. The Morgan fingerprint density at radius 2 is 2.08 bits per heavy atom. The molecule has 0 radical (unpaired) electrons. The summed E-state index contributed by atoms with van der Waals surface area (Å²) in [4.78, 5) is 10.2. The van der Waals surface area contributed by atoms with Crippen LogP contribution in [0.15, 0.2) is 24.5 Å². The molecule has 0 saturated heterocycles. The number of carbonyl (C=O) groups is 1. The molecule has 1 aromatic rings. The van der Waals surface area contributed by atoms with Crippen LogP contribution >= 0.6 is 0 Å². The summed E-state index contributed by atoms with van der Waals surface area (Å²) in [6.45, 7) is 0.482. The highest BCUT2D eigenvalue weighted by Crippen LogP contribution is 1.93. The monoisotopic (exact) mass is 167 g/mol. The first-order chi connectivity index (χ1) is 5.68. The van der Waals surface area contributed by atoms with Gasteiger partial charge in [0.25, 0.3) is 0 Å². The molecule has 0 unspecified atom stereocenters. The summed E-state index contributed by atoms with van der Waals surface area (Å²) in [5.41, 5.74) is 6.13. The first-order valence-corrected chi connectivity index (χ1v) is 3.65. The van der Waals surface area contributed by atoms with Crippen LogP contribution in [0.25, 0.3) is 0 Å². The fraction of sp³-hybridized carbons (Fsp3) is 0.250. The van der Waals surface area contributed by atoms with Crippen LogP contribution in [0.1, 0.15) is 6.42 Å². The highest BCUT2D eigenvalue weighted by atomic mass is 16.4. The zero-order chi connectivity index (χ0) is 8.97. The van der Waals surface area contributed by atoms with Crippen LogP contribution in [0.2, 0.25) is 0 Å². The summed E-state index contributed by atoms with van der Waals surface area (Å²) in [6.07, 6.45) is 3.66. The van der Waals surface area contributed by atoms with E-state index in [2.05, 4.69) is 0 Å². The molecule has 1 aromatic heterocycles. The molecule has 0 aromatic carbocycles. The van der Waals surface area contributed by atoms with Gasteiger partial charge in [0.15, 0.2) is 18.9 Å². The Hall–Kier alpha value is -1.58. The number of nitrogens with two attached hydrogens (primary N) is 1. The number of nitrogens with zero attached hydrogens (tertiary/aromatic N) is 1. The first-order valence-electron chi connectivity index (χ1n) is 3.65. The van der Waals surface area contributed by atoms with E-state index >= 15 is 0 Å². The average Bonchev–Trinajstić information content (AvgIpc) is 2.03. The predicted octanol–water partition coefficient (Wildman–Crippen LogP) is 0.0310. The number of aliphatic carboxylic acids is 1. The Morgan fingerprint density at radius 1 is 1.50 bits per heavy atom. The number of pyridine rings is 1. The van der Waals surface area contributed by atoms with E-state index in [4.69, 9.17) is 10.8 Å². The van der Waals surface area contributed by atoms with Gasteiger partial charge in [0, 0.05) is 17.8 Å². The molecule has 0 saturated carbocycles. The zero-order valence-electron chi connectivity index (χ0n) is 6.60. The van der Waals surface area contributed by atoms with Gasteiger partial charge in [-0.25, -0.2) is 4.57 Å². The van der Waals surface area contributed by atoms with Gasteiger partial charge in [-0.05, 0) is 0 Å². The fourth-order valence-corrected chi connectivity index (χ4v) is 0.843. The molecule has 0 amide bonds. The van der Waals surface area contributed by atoms with Gasteiger partial charge in [0.05, 0.1) is 0 Å². The van der Waals surface area contributed by atoms with Gasteiger partial charge in [0.1, 0.15) is 6.42 Å². The molecule has 0 fully saturated rings. The molecule has 0 spiro atoms. The summed E-state index contributed by atoms with van der Waals surface area (Å²) in [5.74, 6) is -0.792. The minimum Gasteiger partial charge on any atom is -0.481 e. The van der Waals surface area contributed by atoms with Crippen LogP contribution in [0.3, 0.4) is 0 Å². The lowest BCUT2D eigenvalue weighted by Crippen LogP contribution is -2.33. The topological polar surface area (TPSA) is 67.2 Å².